The molecule has 1 radical (unpaired) electrons. The van der Waals surface area contributed by atoms with Crippen molar-refractivity contribution < 1.29 is 13.6 Å². The van der Waals surface area contributed by atoms with Gasteiger partial charge in [-0.25, -0.2) is 19.0 Å². The summed E-state index contributed by atoms with van der Waals surface area (Å²) in [6, 6.07) is 9.88. The number of carbonyl (C=O) groups is 1. The lowest BCUT2D eigenvalue weighted by Gasteiger charge is -2.39. The van der Waals surface area contributed by atoms with E-state index in [4.69, 9.17) is 9.41 Å². The molecular weight excluding hydrogens is 598 g/mol. The van der Waals surface area contributed by atoms with Crippen LogP contribution < -0.4 is 10.1 Å². The van der Waals surface area contributed by atoms with Crippen LogP contribution in [0.1, 0.15) is 57.4 Å². The third-order valence-corrected chi connectivity index (χ3v) is 14.4. The Morgan fingerprint density at radius 3 is 2.61 bits per heavy atom. The van der Waals surface area contributed by atoms with Gasteiger partial charge in [0, 0.05) is 55.2 Å². The van der Waals surface area contributed by atoms with Crippen LogP contribution in [-0.2, 0) is 21.2 Å². The lowest BCUT2D eigenvalue weighted by atomic mass is 9.83. The van der Waals surface area contributed by atoms with Crippen LogP contribution in [0.3, 0.4) is 0 Å². The number of fused-ring (bicyclic) bond motifs is 1. The maximum atomic E-state index is 15.7. The summed E-state index contributed by atoms with van der Waals surface area (Å²) in [5, 5.41) is 18.1. The number of nitrogens with one attached hydrogen (secondary N) is 1. The number of rotatable bonds is 10. The van der Waals surface area contributed by atoms with E-state index in [2.05, 4.69) is 73.2 Å². The van der Waals surface area contributed by atoms with Crippen molar-refractivity contribution in [2.24, 2.45) is 0 Å². The molecule has 1 N–H and O–H groups in total. The van der Waals surface area contributed by atoms with E-state index in [9.17, 15) is 10.1 Å². The van der Waals surface area contributed by atoms with E-state index in [-0.39, 0.29) is 11.6 Å². The van der Waals surface area contributed by atoms with Crippen LogP contribution in [0.5, 0.6) is 0 Å². The van der Waals surface area contributed by atoms with Crippen molar-refractivity contribution in [2.45, 2.75) is 83.2 Å². The largest absolute Gasteiger partial charge is 0.416 e. The number of halogens is 1. The van der Waals surface area contributed by atoms with Crippen LogP contribution >= 0.6 is 0 Å². The SMILES string of the molecule is Cc1cc(Nc2nccc(-c3cc(C#N)c4c(c3)[C@@](C)(CO[Si](C)(C)C(C)(C)C)CN4[B]C=O)n2)n(CC2(F)CCN(C)CC2)n1. The summed E-state index contributed by atoms with van der Waals surface area (Å²) in [6.07, 6.45) is 3.33. The van der Waals surface area contributed by atoms with E-state index in [0.29, 0.717) is 62.1 Å². The van der Waals surface area contributed by atoms with Crippen LogP contribution in [0.4, 0.5) is 21.8 Å². The molecule has 1 atom stereocenters. The summed E-state index contributed by atoms with van der Waals surface area (Å²) in [5.74, 6) is 0.960. The van der Waals surface area contributed by atoms with Gasteiger partial charge in [0.1, 0.15) is 23.7 Å². The lowest BCUT2D eigenvalue weighted by molar-refractivity contribution is 0.0504. The number of piperidine rings is 1. The molecule has 1 fully saturated rings. The molecule has 243 valence electrons. The van der Waals surface area contributed by atoms with Crippen molar-refractivity contribution in [3.63, 3.8) is 0 Å². The van der Waals surface area contributed by atoms with Gasteiger partial charge in [0.15, 0.2) is 8.32 Å². The average Bonchev–Trinajstić information content (AvgIpc) is 3.48. The normalized spacial score (nSPS) is 19.9. The van der Waals surface area contributed by atoms with Gasteiger partial charge < -0.3 is 24.2 Å². The standard InChI is InChI=1S/C33H45BFN8O2Si/c1-23-15-28(43(40-23)20-33(35)10-13-41(6)14-11-33)39-30-37-12-9-27(38-30)24-16-25(18-36)29-26(17-24)32(5,19-42(29)34-22-44)21-45-46(7,8)31(2,3)4/h9,12,15-17,22H,10-11,13-14,19-21H2,1-8H3,(H,37,38,39)/t32-/m1/s1. The number of alkyl halides is 1. The van der Waals surface area contributed by atoms with Crippen LogP contribution in [0.25, 0.3) is 11.3 Å². The van der Waals surface area contributed by atoms with Gasteiger partial charge >= 0.3 is 7.41 Å². The highest BCUT2D eigenvalue weighted by Gasteiger charge is 2.45. The molecule has 0 amide bonds. The number of anilines is 3. The summed E-state index contributed by atoms with van der Waals surface area (Å²) < 4.78 is 24.1. The minimum atomic E-state index is -2.08. The maximum absolute atomic E-state index is 15.7. The summed E-state index contributed by atoms with van der Waals surface area (Å²) >= 11 is 0. The van der Waals surface area contributed by atoms with E-state index >= 15 is 4.39 Å². The van der Waals surface area contributed by atoms with Crippen molar-refractivity contribution in [1.82, 2.24) is 24.6 Å². The Morgan fingerprint density at radius 2 is 1.96 bits per heavy atom. The summed E-state index contributed by atoms with van der Waals surface area (Å²) in [5.41, 5.74) is 2.46. The number of nitrogens with zero attached hydrogens (tertiary/aromatic N) is 7. The molecule has 2 aliphatic rings. The van der Waals surface area contributed by atoms with Crippen molar-refractivity contribution in [1.29, 1.82) is 5.26 Å². The number of aryl methyl sites for hydroxylation is 1. The molecule has 5 rings (SSSR count). The molecule has 10 nitrogen and oxygen atoms in total. The van der Waals surface area contributed by atoms with E-state index < -0.39 is 19.4 Å². The van der Waals surface area contributed by atoms with E-state index in [1.54, 1.807) is 23.0 Å². The predicted molar refractivity (Wildman–Crippen MR) is 183 cm³/mol. The minimum absolute atomic E-state index is 0.0369. The monoisotopic (exact) mass is 643 g/mol. The molecule has 0 spiro atoms. The van der Waals surface area contributed by atoms with Gasteiger partial charge in [-0.15, -0.1) is 0 Å². The van der Waals surface area contributed by atoms with Crippen molar-refractivity contribution in [3.05, 3.63) is 47.3 Å². The highest BCUT2D eigenvalue weighted by Crippen LogP contribution is 2.46. The summed E-state index contributed by atoms with van der Waals surface area (Å²) in [7, 11) is 1.43. The second-order valence-electron chi connectivity index (χ2n) is 14.7. The Kier molecular flexibility index (Phi) is 9.20. The number of carbonyl (C=O) groups excluding carboxylic acids is 1. The smallest absolute Gasteiger partial charge is 0.329 e. The van der Waals surface area contributed by atoms with Crippen molar-refractivity contribution in [3.8, 4) is 17.3 Å². The average molecular weight is 644 g/mol. The molecule has 3 aromatic rings. The van der Waals surface area contributed by atoms with Gasteiger partial charge in [0.05, 0.1) is 23.5 Å². The molecule has 2 aromatic heterocycles. The number of hydrogen-bond donors (Lipinski definition) is 1. The quantitative estimate of drug-likeness (QED) is 0.223. The van der Waals surface area contributed by atoms with Crippen LogP contribution in [0.15, 0.2) is 30.5 Å². The second-order valence-corrected chi connectivity index (χ2v) is 19.5. The predicted octanol–water partition coefficient (Wildman–Crippen LogP) is 5.61. The zero-order valence-electron chi connectivity index (χ0n) is 28.3. The van der Waals surface area contributed by atoms with Gasteiger partial charge in [-0.05, 0) is 68.7 Å². The Bertz CT molecular complexity index is 1640. The van der Waals surface area contributed by atoms with Crippen LogP contribution in [0, 0.1) is 18.3 Å². The highest BCUT2D eigenvalue weighted by molar-refractivity contribution is 6.74. The van der Waals surface area contributed by atoms with Gasteiger partial charge in [0.25, 0.3) is 0 Å². The molecule has 4 heterocycles. The molecule has 0 bridgehead atoms. The van der Waals surface area contributed by atoms with E-state index in [1.807, 2.05) is 24.8 Å². The number of aromatic nitrogens is 4. The molecule has 1 aromatic carbocycles. The zero-order valence-corrected chi connectivity index (χ0v) is 29.3. The van der Waals surface area contributed by atoms with Crippen LogP contribution in [-0.4, -0.2) is 85.5 Å². The molecular formula is C33H45BFN8O2Si. The molecule has 1 saturated heterocycles. The number of nitriles is 1. The maximum Gasteiger partial charge on any atom is 0.329 e. The summed E-state index contributed by atoms with van der Waals surface area (Å²) in [6.45, 7) is 17.6. The first-order valence-electron chi connectivity index (χ1n) is 15.9. The zero-order chi connectivity index (χ0) is 33.5. The molecule has 0 aliphatic carbocycles. The third-order valence-electron chi connectivity index (χ3n) is 9.90. The number of hydrogen-bond acceptors (Lipinski definition) is 9. The molecule has 0 unspecified atom stereocenters. The van der Waals surface area contributed by atoms with E-state index in [1.165, 1.54) is 7.41 Å². The van der Waals surface area contributed by atoms with Crippen molar-refractivity contribution >= 4 is 39.4 Å². The first-order chi connectivity index (χ1) is 21.6. The van der Waals surface area contributed by atoms with Gasteiger partial charge in [-0.3, -0.25) is 0 Å². The van der Waals surface area contributed by atoms with Gasteiger partial charge in [-0.2, -0.15) is 10.4 Å². The first kappa shape index (κ1) is 33.8. The van der Waals surface area contributed by atoms with Crippen LogP contribution in [0.2, 0.25) is 18.1 Å². The molecule has 46 heavy (non-hydrogen) atoms. The Balaban J connectivity index is 1.46. The number of benzene rings is 1. The Hall–Kier alpha value is -3.60. The van der Waals surface area contributed by atoms with Gasteiger partial charge in [0.2, 0.25) is 5.95 Å². The fourth-order valence-corrected chi connectivity index (χ4v) is 7.08. The Labute approximate surface area is 273 Å². The fourth-order valence-electron chi connectivity index (χ4n) is 5.96. The number of likely N-dealkylation sites (tertiary alicyclic amines) is 1. The third kappa shape index (κ3) is 6.89. The molecule has 13 heteroatoms. The van der Waals surface area contributed by atoms with Crippen molar-refractivity contribution in [2.75, 3.05) is 43.4 Å². The first-order valence-corrected chi connectivity index (χ1v) is 18.8. The molecule has 0 saturated carbocycles. The van der Waals surface area contributed by atoms with E-state index in [0.717, 1.165) is 28.7 Å². The minimum Gasteiger partial charge on any atom is -0.416 e. The Morgan fingerprint density at radius 1 is 1.24 bits per heavy atom. The fraction of sp³-hybridized carbons (Fsp3) is 0.545. The topological polar surface area (TPSA) is 112 Å². The van der Waals surface area contributed by atoms with Gasteiger partial charge in [-0.1, -0.05) is 27.7 Å². The molecule has 2 aliphatic heterocycles. The highest BCUT2D eigenvalue weighted by atomic mass is 28.4. The second kappa shape index (κ2) is 12.5. The lowest BCUT2D eigenvalue weighted by Crippen LogP contribution is -2.46. The summed E-state index contributed by atoms with van der Waals surface area (Å²) in [4.78, 5) is 24.9.